The monoisotopic (exact) mass is 234 g/mol. The van der Waals surface area contributed by atoms with Crippen LogP contribution in [0.15, 0.2) is 12.4 Å². The van der Waals surface area contributed by atoms with Crippen LogP contribution in [0, 0.1) is 0 Å². The number of nitrogens with zero attached hydrogens (tertiary/aromatic N) is 3. The second-order valence-electron chi connectivity index (χ2n) is 4.76. The fourth-order valence-electron chi connectivity index (χ4n) is 2.08. The van der Waals surface area contributed by atoms with Crippen molar-refractivity contribution in [1.82, 2.24) is 9.97 Å². The van der Waals surface area contributed by atoms with Gasteiger partial charge in [0.1, 0.15) is 18.0 Å². The van der Waals surface area contributed by atoms with Crippen molar-refractivity contribution in [1.29, 1.82) is 0 Å². The molecule has 1 saturated heterocycles. The van der Waals surface area contributed by atoms with Gasteiger partial charge in [-0.1, -0.05) is 6.92 Å². The van der Waals surface area contributed by atoms with E-state index in [0.29, 0.717) is 6.04 Å². The molecule has 94 valence electrons. The Bertz CT molecular complexity index is 347. The van der Waals surface area contributed by atoms with Crippen LogP contribution in [0.1, 0.15) is 39.5 Å². The Labute approximate surface area is 103 Å². The third-order valence-electron chi connectivity index (χ3n) is 3.34. The van der Waals surface area contributed by atoms with Crippen molar-refractivity contribution in [3.63, 3.8) is 0 Å². The number of hydrogen-bond donors (Lipinski definition) is 1. The van der Waals surface area contributed by atoms with E-state index in [0.717, 1.165) is 31.1 Å². The molecule has 4 nitrogen and oxygen atoms in total. The van der Waals surface area contributed by atoms with E-state index in [4.69, 9.17) is 0 Å². The van der Waals surface area contributed by atoms with Gasteiger partial charge < -0.3 is 10.2 Å². The number of rotatable bonds is 4. The van der Waals surface area contributed by atoms with Gasteiger partial charge in [-0.2, -0.15) is 0 Å². The molecule has 1 fully saturated rings. The predicted molar refractivity (Wildman–Crippen MR) is 71.5 cm³/mol. The fraction of sp³-hybridized carbons (Fsp3) is 0.692. The van der Waals surface area contributed by atoms with Crippen molar-refractivity contribution >= 4 is 11.6 Å². The van der Waals surface area contributed by atoms with E-state index in [9.17, 15) is 0 Å². The van der Waals surface area contributed by atoms with Crippen molar-refractivity contribution in [2.75, 3.05) is 23.3 Å². The zero-order valence-corrected chi connectivity index (χ0v) is 10.8. The maximum atomic E-state index is 4.37. The van der Waals surface area contributed by atoms with Gasteiger partial charge in [0, 0.05) is 25.2 Å². The van der Waals surface area contributed by atoms with Gasteiger partial charge in [0.2, 0.25) is 0 Å². The van der Waals surface area contributed by atoms with Gasteiger partial charge in [0.15, 0.2) is 0 Å². The first-order chi connectivity index (χ1) is 8.29. The second kappa shape index (κ2) is 5.84. The summed E-state index contributed by atoms with van der Waals surface area (Å²) in [4.78, 5) is 11.0. The minimum absolute atomic E-state index is 0.458. The number of anilines is 2. The molecule has 0 bridgehead atoms. The molecule has 1 aliphatic heterocycles. The Morgan fingerprint density at radius 3 is 2.76 bits per heavy atom. The topological polar surface area (TPSA) is 41.0 Å². The van der Waals surface area contributed by atoms with E-state index < -0.39 is 0 Å². The standard InChI is InChI=1S/C13H22N4/c1-3-11(2)16-12-9-13(15-10-14-12)17-7-5-4-6-8-17/h9-11H,3-8H2,1-2H3,(H,14,15,16). The van der Waals surface area contributed by atoms with Crippen LogP contribution in [-0.4, -0.2) is 29.1 Å². The lowest BCUT2D eigenvalue weighted by molar-refractivity contribution is 0.573. The van der Waals surface area contributed by atoms with Crippen molar-refractivity contribution < 1.29 is 0 Å². The molecule has 4 heteroatoms. The Morgan fingerprint density at radius 2 is 2.06 bits per heavy atom. The summed E-state index contributed by atoms with van der Waals surface area (Å²) in [6, 6.07) is 2.52. The van der Waals surface area contributed by atoms with Gasteiger partial charge in [0.05, 0.1) is 0 Å². The van der Waals surface area contributed by atoms with Gasteiger partial charge in [-0.05, 0) is 32.6 Å². The van der Waals surface area contributed by atoms with Crippen LogP contribution in [0.5, 0.6) is 0 Å². The smallest absolute Gasteiger partial charge is 0.134 e. The molecule has 1 aliphatic rings. The highest BCUT2D eigenvalue weighted by molar-refractivity contribution is 5.48. The third-order valence-corrected chi connectivity index (χ3v) is 3.34. The molecule has 0 spiro atoms. The van der Waals surface area contributed by atoms with Crippen LogP contribution in [0.4, 0.5) is 11.6 Å². The molecule has 1 N–H and O–H groups in total. The van der Waals surface area contributed by atoms with Crippen LogP contribution in [0.3, 0.4) is 0 Å². The van der Waals surface area contributed by atoms with E-state index in [1.165, 1.54) is 19.3 Å². The molecule has 1 unspecified atom stereocenters. The summed E-state index contributed by atoms with van der Waals surface area (Å²) in [5.74, 6) is 2.00. The summed E-state index contributed by atoms with van der Waals surface area (Å²) in [5.41, 5.74) is 0. The molecule has 1 aromatic heterocycles. The first kappa shape index (κ1) is 12.1. The van der Waals surface area contributed by atoms with Gasteiger partial charge in [0.25, 0.3) is 0 Å². The molecule has 2 rings (SSSR count). The Morgan fingerprint density at radius 1 is 1.29 bits per heavy atom. The number of piperidine rings is 1. The summed E-state index contributed by atoms with van der Waals surface area (Å²) in [6.45, 7) is 6.59. The van der Waals surface area contributed by atoms with Crippen molar-refractivity contribution in [3.05, 3.63) is 12.4 Å². The van der Waals surface area contributed by atoms with E-state index in [1.54, 1.807) is 6.33 Å². The molecule has 0 aromatic carbocycles. The summed E-state index contributed by atoms with van der Waals surface area (Å²) in [5, 5.41) is 3.39. The zero-order chi connectivity index (χ0) is 12.1. The van der Waals surface area contributed by atoms with Gasteiger partial charge >= 0.3 is 0 Å². The highest BCUT2D eigenvalue weighted by Gasteiger charge is 2.12. The molecule has 17 heavy (non-hydrogen) atoms. The average Bonchev–Trinajstić information content (AvgIpc) is 2.40. The van der Waals surface area contributed by atoms with Gasteiger partial charge in [-0.25, -0.2) is 9.97 Å². The zero-order valence-electron chi connectivity index (χ0n) is 10.8. The molecular formula is C13H22N4. The molecule has 0 saturated carbocycles. The maximum Gasteiger partial charge on any atom is 0.134 e. The Kier molecular flexibility index (Phi) is 4.18. The third kappa shape index (κ3) is 3.32. The molecule has 0 aliphatic carbocycles. The van der Waals surface area contributed by atoms with E-state index in [1.807, 2.05) is 0 Å². The van der Waals surface area contributed by atoms with Crippen molar-refractivity contribution in [3.8, 4) is 0 Å². The molecule has 2 heterocycles. The lowest BCUT2D eigenvalue weighted by atomic mass is 10.1. The predicted octanol–water partition coefficient (Wildman–Crippen LogP) is 2.68. The first-order valence-corrected chi connectivity index (χ1v) is 6.63. The van der Waals surface area contributed by atoms with E-state index in [-0.39, 0.29) is 0 Å². The van der Waals surface area contributed by atoms with E-state index >= 15 is 0 Å². The molecule has 0 radical (unpaired) electrons. The Balaban J connectivity index is 2.05. The quantitative estimate of drug-likeness (QED) is 0.869. The summed E-state index contributed by atoms with van der Waals surface area (Å²) >= 11 is 0. The summed E-state index contributed by atoms with van der Waals surface area (Å²) in [6.07, 6.45) is 6.66. The minimum Gasteiger partial charge on any atom is -0.367 e. The van der Waals surface area contributed by atoms with Crippen LogP contribution in [0.25, 0.3) is 0 Å². The van der Waals surface area contributed by atoms with Gasteiger partial charge in [-0.15, -0.1) is 0 Å². The molecular weight excluding hydrogens is 212 g/mol. The maximum absolute atomic E-state index is 4.37. The fourth-order valence-corrected chi connectivity index (χ4v) is 2.08. The number of hydrogen-bond acceptors (Lipinski definition) is 4. The lowest BCUT2D eigenvalue weighted by Crippen LogP contribution is -2.30. The van der Waals surface area contributed by atoms with Crippen LogP contribution >= 0.6 is 0 Å². The SMILES string of the molecule is CCC(C)Nc1cc(N2CCCCC2)ncn1. The summed E-state index contributed by atoms with van der Waals surface area (Å²) in [7, 11) is 0. The molecule has 0 amide bonds. The highest BCUT2D eigenvalue weighted by atomic mass is 15.2. The van der Waals surface area contributed by atoms with Crippen molar-refractivity contribution in [2.24, 2.45) is 0 Å². The molecule has 1 atom stereocenters. The number of nitrogens with one attached hydrogen (secondary N) is 1. The normalized spacial score (nSPS) is 17.9. The largest absolute Gasteiger partial charge is 0.367 e. The van der Waals surface area contributed by atoms with Gasteiger partial charge in [-0.3, -0.25) is 0 Å². The van der Waals surface area contributed by atoms with Crippen LogP contribution < -0.4 is 10.2 Å². The minimum atomic E-state index is 0.458. The molecule has 1 aromatic rings. The Hall–Kier alpha value is -1.32. The van der Waals surface area contributed by atoms with Crippen LogP contribution in [-0.2, 0) is 0 Å². The van der Waals surface area contributed by atoms with E-state index in [2.05, 4.69) is 40.1 Å². The van der Waals surface area contributed by atoms with Crippen LogP contribution in [0.2, 0.25) is 0 Å². The average molecular weight is 234 g/mol. The summed E-state index contributed by atoms with van der Waals surface area (Å²) < 4.78 is 0. The number of aromatic nitrogens is 2. The lowest BCUT2D eigenvalue weighted by Gasteiger charge is -2.27. The first-order valence-electron chi connectivity index (χ1n) is 6.63. The highest BCUT2D eigenvalue weighted by Crippen LogP contribution is 2.19. The van der Waals surface area contributed by atoms with Crippen molar-refractivity contribution in [2.45, 2.75) is 45.6 Å². The second-order valence-corrected chi connectivity index (χ2v) is 4.76.